The lowest BCUT2D eigenvalue weighted by atomic mass is 10.1. The van der Waals surface area contributed by atoms with Gasteiger partial charge in [-0.15, -0.1) is 0 Å². The number of ether oxygens (including phenoxy) is 1. The molecule has 8 nitrogen and oxygen atoms in total. The van der Waals surface area contributed by atoms with Crippen molar-refractivity contribution >= 4 is 11.8 Å². The van der Waals surface area contributed by atoms with Gasteiger partial charge in [-0.05, 0) is 50.1 Å². The SMILES string of the molecule is C[C@@H](Oc1ccc(C(=O)C2CC2)nc1)c1nc(-c2ccc(C(=O)O)c(F)c2)no1. The average molecular weight is 397 g/mol. The van der Waals surface area contributed by atoms with E-state index in [2.05, 4.69) is 15.1 Å². The number of carbonyl (C=O) groups excluding carboxylic acids is 1. The molecular formula is C20H16FN3O5. The summed E-state index contributed by atoms with van der Waals surface area (Å²) in [4.78, 5) is 31.2. The molecule has 1 aliphatic carbocycles. The number of carboxylic acids is 1. The number of hydrogen-bond acceptors (Lipinski definition) is 7. The van der Waals surface area contributed by atoms with Gasteiger partial charge in [-0.3, -0.25) is 4.79 Å². The highest BCUT2D eigenvalue weighted by molar-refractivity contribution is 5.97. The molecule has 29 heavy (non-hydrogen) atoms. The molecule has 0 spiro atoms. The smallest absolute Gasteiger partial charge is 0.338 e. The first kappa shape index (κ1) is 18.7. The van der Waals surface area contributed by atoms with Crippen LogP contribution in [0.4, 0.5) is 4.39 Å². The van der Waals surface area contributed by atoms with Crippen LogP contribution in [0, 0.1) is 11.7 Å². The number of carboxylic acid groups (broad SMARTS) is 1. The van der Waals surface area contributed by atoms with Crippen LogP contribution in [-0.2, 0) is 0 Å². The van der Waals surface area contributed by atoms with Crippen LogP contribution >= 0.6 is 0 Å². The van der Waals surface area contributed by atoms with E-state index < -0.39 is 23.5 Å². The number of aromatic carboxylic acids is 1. The van der Waals surface area contributed by atoms with Crippen LogP contribution in [0.1, 0.15) is 52.6 Å². The molecule has 1 aliphatic rings. The van der Waals surface area contributed by atoms with Gasteiger partial charge in [0, 0.05) is 11.5 Å². The summed E-state index contributed by atoms with van der Waals surface area (Å²) in [6.45, 7) is 1.69. The quantitative estimate of drug-likeness (QED) is 0.600. The molecule has 0 radical (unpaired) electrons. The second kappa shape index (κ2) is 7.42. The molecule has 148 valence electrons. The zero-order valence-corrected chi connectivity index (χ0v) is 15.3. The second-order valence-electron chi connectivity index (χ2n) is 6.73. The van der Waals surface area contributed by atoms with Crippen molar-refractivity contribution < 1.29 is 28.3 Å². The fraction of sp³-hybridized carbons (Fsp3) is 0.250. The Labute approximate surface area is 164 Å². The van der Waals surface area contributed by atoms with E-state index in [1.807, 2.05) is 0 Å². The highest BCUT2D eigenvalue weighted by Crippen LogP contribution is 2.32. The lowest BCUT2D eigenvalue weighted by molar-refractivity contribution is 0.0691. The predicted octanol–water partition coefficient (Wildman–Crippen LogP) is 3.70. The van der Waals surface area contributed by atoms with Gasteiger partial charge in [-0.1, -0.05) is 5.16 Å². The summed E-state index contributed by atoms with van der Waals surface area (Å²) in [7, 11) is 0. The van der Waals surface area contributed by atoms with Gasteiger partial charge in [0.25, 0.3) is 5.89 Å². The summed E-state index contributed by atoms with van der Waals surface area (Å²) in [5.74, 6) is -1.41. The summed E-state index contributed by atoms with van der Waals surface area (Å²) in [5, 5.41) is 12.7. The molecule has 3 aromatic rings. The van der Waals surface area contributed by atoms with Crippen molar-refractivity contribution in [3.63, 3.8) is 0 Å². The number of rotatable bonds is 7. The van der Waals surface area contributed by atoms with Crippen LogP contribution in [0.2, 0.25) is 0 Å². The number of carbonyl (C=O) groups is 2. The lowest BCUT2D eigenvalue weighted by Gasteiger charge is -2.10. The number of benzene rings is 1. The molecule has 0 amide bonds. The van der Waals surface area contributed by atoms with E-state index in [9.17, 15) is 14.0 Å². The maximum absolute atomic E-state index is 13.9. The largest absolute Gasteiger partial charge is 0.479 e. The number of halogens is 1. The fourth-order valence-corrected chi connectivity index (χ4v) is 2.75. The van der Waals surface area contributed by atoms with E-state index in [-0.39, 0.29) is 29.0 Å². The molecule has 9 heteroatoms. The fourth-order valence-electron chi connectivity index (χ4n) is 2.75. The monoisotopic (exact) mass is 397 g/mol. The van der Waals surface area contributed by atoms with Crippen LogP contribution in [0.3, 0.4) is 0 Å². The standard InChI is InChI=1S/C20H16FN3O5/c1-10(28-13-5-7-16(22-9-13)17(25)11-2-3-11)19-23-18(24-29-19)12-4-6-14(20(26)27)15(21)8-12/h4-11H,2-3H2,1H3,(H,26,27)/t10-/m1/s1. The lowest BCUT2D eigenvalue weighted by Crippen LogP contribution is -2.06. The van der Waals surface area contributed by atoms with Gasteiger partial charge in [0.1, 0.15) is 17.3 Å². The Bertz CT molecular complexity index is 1080. The number of hydrogen-bond donors (Lipinski definition) is 1. The number of Topliss-reactive ketones (excluding diaryl/α,β-unsaturated/α-hetero) is 1. The van der Waals surface area contributed by atoms with E-state index in [1.165, 1.54) is 12.3 Å². The molecule has 1 fully saturated rings. The minimum absolute atomic E-state index is 0.0484. The van der Waals surface area contributed by atoms with Crippen molar-refractivity contribution in [2.45, 2.75) is 25.9 Å². The Morgan fingerprint density at radius 1 is 1.28 bits per heavy atom. The summed E-state index contributed by atoms with van der Waals surface area (Å²) < 4.78 is 24.7. The minimum atomic E-state index is -1.36. The molecular weight excluding hydrogens is 381 g/mol. The maximum Gasteiger partial charge on any atom is 0.338 e. The van der Waals surface area contributed by atoms with Gasteiger partial charge in [0.15, 0.2) is 11.9 Å². The number of aromatic nitrogens is 3. The van der Waals surface area contributed by atoms with E-state index in [4.69, 9.17) is 14.4 Å². The molecule has 1 atom stereocenters. The first-order valence-electron chi connectivity index (χ1n) is 8.96. The third kappa shape index (κ3) is 3.98. The average Bonchev–Trinajstić information content (AvgIpc) is 3.43. The van der Waals surface area contributed by atoms with Gasteiger partial charge in [0.05, 0.1) is 11.8 Å². The van der Waals surface area contributed by atoms with Crippen molar-refractivity contribution in [2.75, 3.05) is 0 Å². The van der Waals surface area contributed by atoms with E-state index in [1.54, 1.807) is 19.1 Å². The van der Waals surface area contributed by atoms with E-state index >= 15 is 0 Å². The van der Waals surface area contributed by atoms with Gasteiger partial charge >= 0.3 is 5.97 Å². The number of pyridine rings is 1. The van der Waals surface area contributed by atoms with Gasteiger partial charge in [-0.25, -0.2) is 14.2 Å². The zero-order chi connectivity index (χ0) is 20.5. The first-order chi connectivity index (χ1) is 13.9. The Balaban J connectivity index is 1.45. The highest BCUT2D eigenvalue weighted by Gasteiger charge is 2.31. The molecule has 0 aliphatic heterocycles. The maximum atomic E-state index is 13.9. The van der Waals surface area contributed by atoms with Crippen LogP contribution < -0.4 is 4.74 Å². The van der Waals surface area contributed by atoms with Gasteiger partial charge < -0.3 is 14.4 Å². The predicted molar refractivity (Wildman–Crippen MR) is 97.0 cm³/mol. The zero-order valence-electron chi connectivity index (χ0n) is 15.3. The van der Waals surface area contributed by atoms with Crippen LogP contribution in [0.25, 0.3) is 11.4 Å². The molecule has 2 aromatic heterocycles. The summed E-state index contributed by atoms with van der Waals surface area (Å²) in [5.41, 5.74) is 0.254. The Morgan fingerprint density at radius 2 is 2.07 bits per heavy atom. The molecule has 2 heterocycles. The molecule has 1 aromatic carbocycles. The second-order valence-corrected chi connectivity index (χ2v) is 6.73. The summed E-state index contributed by atoms with van der Waals surface area (Å²) in [6.07, 6.45) is 2.67. The topological polar surface area (TPSA) is 115 Å². The molecule has 0 bridgehead atoms. The van der Waals surface area contributed by atoms with Crippen LogP contribution in [0.15, 0.2) is 41.1 Å². The van der Waals surface area contributed by atoms with Crippen molar-refractivity contribution in [3.8, 4) is 17.1 Å². The van der Waals surface area contributed by atoms with E-state index in [0.717, 1.165) is 25.0 Å². The molecule has 0 saturated heterocycles. The van der Waals surface area contributed by atoms with Crippen molar-refractivity contribution in [3.05, 3.63) is 59.5 Å². The number of ketones is 1. The first-order valence-corrected chi connectivity index (χ1v) is 8.96. The van der Waals surface area contributed by atoms with Crippen molar-refractivity contribution in [2.24, 2.45) is 5.92 Å². The normalized spacial score (nSPS) is 14.4. The Hall–Kier alpha value is -3.62. The third-order valence-electron chi connectivity index (χ3n) is 4.50. The Morgan fingerprint density at radius 3 is 2.69 bits per heavy atom. The van der Waals surface area contributed by atoms with Crippen molar-refractivity contribution in [1.82, 2.24) is 15.1 Å². The summed E-state index contributed by atoms with van der Waals surface area (Å²) >= 11 is 0. The van der Waals surface area contributed by atoms with Crippen LogP contribution in [-0.4, -0.2) is 32.0 Å². The molecule has 1 saturated carbocycles. The minimum Gasteiger partial charge on any atom is -0.479 e. The molecule has 1 N–H and O–H groups in total. The van der Waals surface area contributed by atoms with E-state index in [0.29, 0.717) is 11.4 Å². The molecule has 0 unspecified atom stereocenters. The van der Waals surface area contributed by atoms with Crippen LogP contribution in [0.5, 0.6) is 5.75 Å². The third-order valence-corrected chi connectivity index (χ3v) is 4.50. The number of nitrogens with zero attached hydrogens (tertiary/aromatic N) is 3. The Kier molecular flexibility index (Phi) is 4.79. The van der Waals surface area contributed by atoms with Crippen molar-refractivity contribution in [1.29, 1.82) is 0 Å². The summed E-state index contributed by atoms with van der Waals surface area (Å²) in [6, 6.07) is 6.83. The van der Waals surface area contributed by atoms with Gasteiger partial charge in [0.2, 0.25) is 5.82 Å². The van der Waals surface area contributed by atoms with Gasteiger partial charge in [-0.2, -0.15) is 4.98 Å². The highest BCUT2D eigenvalue weighted by atomic mass is 19.1. The molecule has 4 rings (SSSR count).